The van der Waals surface area contributed by atoms with E-state index in [1.165, 1.54) is 0 Å². The minimum atomic E-state index is -1.03. The molecule has 0 aromatic heterocycles. The minimum Gasteiger partial charge on any atom is -0.393 e. The van der Waals surface area contributed by atoms with Gasteiger partial charge in [-0.25, -0.2) is 4.39 Å². The number of hydrogen-bond acceptors (Lipinski definition) is 2. The van der Waals surface area contributed by atoms with Crippen LogP contribution in [-0.2, 0) is 4.74 Å². The maximum Gasteiger partial charge on any atom is 0.123 e. The Hall–Kier alpha value is -0.150. The zero-order valence-corrected chi connectivity index (χ0v) is 8.47. The van der Waals surface area contributed by atoms with E-state index >= 15 is 0 Å². The summed E-state index contributed by atoms with van der Waals surface area (Å²) in [6, 6.07) is 0. The van der Waals surface area contributed by atoms with Gasteiger partial charge in [0.25, 0.3) is 0 Å². The molecule has 0 amide bonds. The second-order valence-electron chi connectivity index (χ2n) is 3.24. The van der Waals surface area contributed by atoms with Gasteiger partial charge < -0.3 is 9.84 Å². The zero-order valence-electron chi connectivity index (χ0n) is 8.47. The van der Waals surface area contributed by atoms with Gasteiger partial charge in [-0.05, 0) is 19.3 Å². The van der Waals surface area contributed by atoms with E-state index in [4.69, 9.17) is 9.84 Å². The van der Waals surface area contributed by atoms with Crippen molar-refractivity contribution >= 4 is 0 Å². The third kappa shape index (κ3) is 9.77. The molecule has 0 bridgehead atoms. The third-order valence-electron chi connectivity index (χ3n) is 1.85. The molecule has 0 fully saturated rings. The lowest BCUT2D eigenvalue weighted by molar-refractivity contribution is 0.128. The van der Waals surface area contributed by atoms with Crippen molar-refractivity contribution in [3.63, 3.8) is 0 Å². The Kier molecular flexibility index (Phi) is 9.82. The monoisotopic (exact) mass is 192 g/mol. The van der Waals surface area contributed by atoms with Gasteiger partial charge in [0.1, 0.15) is 6.17 Å². The quantitative estimate of drug-likeness (QED) is 0.568. The van der Waals surface area contributed by atoms with E-state index in [-0.39, 0.29) is 6.61 Å². The van der Waals surface area contributed by atoms with Crippen LogP contribution in [0.2, 0.25) is 0 Å². The molecule has 0 rings (SSSR count). The molecule has 0 aliphatic rings. The summed E-state index contributed by atoms with van der Waals surface area (Å²) >= 11 is 0. The summed E-state index contributed by atoms with van der Waals surface area (Å²) in [5, 5.41) is 8.41. The van der Waals surface area contributed by atoms with Crippen LogP contribution in [0.25, 0.3) is 0 Å². The smallest absolute Gasteiger partial charge is 0.123 e. The molecule has 2 nitrogen and oxygen atoms in total. The predicted octanol–water partition coefficient (Wildman–Crippen LogP) is 2.30. The lowest BCUT2D eigenvalue weighted by Crippen LogP contribution is -2.05. The molecule has 0 aromatic rings. The van der Waals surface area contributed by atoms with Gasteiger partial charge >= 0.3 is 0 Å². The van der Waals surface area contributed by atoms with E-state index in [2.05, 4.69) is 6.92 Å². The number of hydrogen-bond donors (Lipinski definition) is 1. The van der Waals surface area contributed by atoms with Gasteiger partial charge in [0, 0.05) is 13.2 Å². The van der Waals surface area contributed by atoms with Gasteiger partial charge in [-0.3, -0.25) is 0 Å². The Morgan fingerprint density at radius 2 is 2.00 bits per heavy atom. The molecular formula is C10H21FO2. The maximum absolute atomic E-state index is 12.5. The second-order valence-corrected chi connectivity index (χ2v) is 3.24. The summed E-state index contributed by atoms with van der Waals surface area (Å²) in [4.78, 5) is 0. The van der Waals surface area contributed by atoms with Crippen molar-refractivity contribution in [2.75, 3.05) is 19.8 Å². The predicted molar refractivity (Wildman–Crippen MR) is 51.6 cm³/mol. The van der Waals surface area contributed by atoms with Crippen molar-refractivity contribution in [2.45, 2.75) is 45.2 Å². The molecule has 0 radical (unpaired) electrons. The zero-order chi connectivity index (χ0) is 9.94. The summed E-state index contributed by atoms with van der Waals surface area (Å²) in [7, 11) is 0. The van der Waals surface area contributed by atoms with Crippen molar-refractivity contribution in [1.82, 2.24) is 0 Å². The number of alkyl halides is 1. The normalized spacial score (nSPS) is 13.2. The highest BCUT2D eigenvalue weighted by Gasteiger charge is 2.02. The average molecular weight is 192 g/mol. The van der Waals surface area contributed by atoms with Gasteiger partial charge in [-0.15, -0.1) is 0 Å². The Balaban J connectivity index is 2.91. The highest BCUT2D eigenvalue weighted by atomic mass is 19.1. The standard InChI is InChI=1S/C10H21FO2/c1-2-7-13-8-5-3-4-6-10(11)9-12/h10,12H,2-9H2,1H3. The second kappa shape index (κ2) is 9.93. The number of unbranched alkanes of at least 4 members (excludes halogenated alkanes) is 2. The van der Waals surface area contributed by atoms with Crippen LogP contribution >= 0.6 is 0 Å². The highest BCUT2D eigenvalue weighted by molar-refractivity contribution is 4.53. The first-order valence-electron chi connectivity index (χ1n) is 5.14. The molecule has 0 spiro atoms. The van der Waals surface area contributed by atoms with Crippen molar-refractivity contribution in [2.24, 2.45) is 0 Å². The fraction of sp³-hybridized carbons (Fsp3) is 1.00. The van der Waals surface area contributed by atoms with Gasteiger partial charge in [0.2, 0.25) is 0 Å². The molecule has 13 heavy (non-hydrogen) atoms. The molecule has 80 valence electrons. The van der Waals surface area contributed by atoms with Crippen LogP contribution in [-0.4, -0.2) is 31.1 Å². The van der Waals surface area contributed by atoms with Crippen molar-refractivity contribution < 1.29 is 14.2 Å². The molecule has 0 heterocycles. The Morgan fingerprint density at radius 1 is 1.23 bits per heavy atom. The van der Waals surface area contributed by atoms with Gasteiger partial charge in [-0.1, -0.05) is 19.8 Å². The van der Waals surface area contributed by atoms with Gasteiger partial charge in [0.15, 0.2) is 0 Å². The topological polar surface area (TPSA) is 29.5 Å². The van der Waals surface area contributed by atoms with Gasteiger partial charge in [-0.2, -0.15) is 0 Å². The fourth-order valence-electron chi connectivity index (χ4n) is 1.08. The Bertz CT molecular complexity index is 98.9. The molecule has 0 saturated carbocycles. The molecular weight excluding hydrogens is 171 g/mol. The summed E-state index contributed by atoms with van der Waals surface area (Å²) in [5.41, 5.74) is 0. The molecule has 1 N–H and O–H groups in total. The van der Waals surface area contributed by atoms with E-state index in [9.17, 15) is 4.39 Å². The number of ether oxygens (including phenoxy) is 1. The fourth-order valence-corrected chi connectivity index (χ4v) is 1.08. The van der Waals surface area contributed by atoms with Crippen molar-refractivity contribution in [3.8, 4) is 0 Å². The van der Waals surface area contributed by atoms with Crippen molar-refractivity contribution in [3.05, 3.63) is 0 Å². The Labute approximate surface area is 80.1 Å². The molecule has 0 aromatic carbocycles. The summed E-state index contributed by atoms with van der Waals surface area (Å²) in [5.74, 6) is 0. The molecule has 0 aliphatic carbocycles. The summed E-state index contributed by atoms with van der Waals surface area (Å²) < 4.78 is 17.8. The van der Waals surface area contributed by atoms with Gasteiger partial charge in [0.05, 0.1) is 6.61 Å². The number of halogens is 1. The maximum atomic E-state index is 12.5. The summed E-state index contributed by atoms with van der Waals surface area (Å²) in [6.45, 7) is 3.34. The first kappa shape index (κ1) is 12.8. The van der Waals surface area contributed by atoms with E-state index in [1.807, 2.05) is 0 Å². The molecule has 1 atom stereocenters. The largest absolute Gasteiger partial charge is 0.393 e. The van der Waals surface area contributed by atoms with Crippen LogP contribution in [0.1, 0.15) is 39.0 Å². The number of aliphatic hydroxyl groups excluding tert-OH is 1. The van der Waals surface area contributed by atoms with Crippen LogP contribution in [0.5, 0.6) is 0 Å². The first-order valence-corrected chi connectivity index (χ1v) is 5.14. The van der Waals surface area contributed by atoms with E-state index in [1.54, 1.807) is 0 Å². The van der Waals surface area contributed by atoms with E-state index in [0.29, 0.717) is 6.42 Å². The van der Waals surface area contributed by atoms with Crippen LogP contribution in [0.3, 0.4) is 0 Å². The van der Waals surface area contributed by atoms with Crippen LogP contribution < -0.4 is 0 Å². The first-order chi connectivity index (χ1) is 6.31. The lowest BCUT2D eigenvalue weighted by Gasteiger charge is -2.04. The van der Waals surface area contributed by atoms with Crippen LogP contribution in [0.4, 0.5) is 4.39 Å². The highest BCUT2D eigenvalue weighted by Crippen LogP contribution is 2.06. The molecule has 0 saturated heterocycles. The SMILES string of the molecule is CCCOCCCCCC(F)CO. The third-order valence-corrected chi connectivity index (χ3v) is 1.85. The minimum absolute atomic E-state index is 0.341. The number of aliphatic hydroxyl groups is 1. The molecule has 0 aliphatic heterocycles. The molecule has 1 unspecified atom stereocenters. The average Bonchev–Trinajstić information content (AvgIpc) is 2.16. The summed E-state index contributed by atoms with van der Waals surface area (Å²) in [6.07, 6.45) is 3.33. The Morgan fingerprint density at radius 3 is 2.62 bits per heavy atom. The van der Waals surface area contributed by atoms with Crippen LogP contribution in [0, 0.1) is 0 Å². The van der Waals surface area contributed by atoms with Crippen LogP contribution in [0.15, 0.2) is 0 Å². The van der Waals surface area contributed by atoms with E-state index in [0.717, 1.165) is 38.9 Å². The molecule has 3 heteroatoms. The van der Waals surface area contributed by atoms with E-state index < -0.39 is 6.17 Å². The lowest BCUT2D eigenvalue weighted by atomic mass is 10.1. The number of rotatable bonds is 9. The van der Waals surface area contributed by atoms with Crippen molar-refractivity contribution in [1.29, 1.82) is 0 Å².